The Kier molecular flexibility index (Phi) is 6.75. The predicted octanol–water partition coefficient (Wildman–Crippen LogP) is 2.41. The number of nitrogens with one attached hydrogen (secondary N) is 2. The fourth-order valence-electron chi connectivity index (χ4n) is 3.87. The van der Waals surface area contributed by atoms with E-state index in [1.54, 1.807) is 24.0 Å². The van der Waals surface area contributed by atoms with Gasteiger partial charge in [0.15, 0.2) is 5.82 Å². The van der Waals surface area contributed by atoms with Gasteiger partial charge in [-0.15, -0.1) is 0 Å². The first kappa shape index (κ1) is 24.6. The first-order valence-electron chi connectivity index (χ1n) is 11.0. The number of aryl methyl sites for hydroxylation is 1. The molecule has 2 aliphatic rings. The number of hydrogen-bond acceptors (Lipinski definition) is 6. The highest BCUT2D eigenvalue weighted by Gasteiger charge is 2.57. The van der Waals surface area contributed by atoms with Crippen LogP contribution in [0.3, 0.4) is 0 Å². The Morgan fingerprint density at radius 2 is 2.03 bits per heavy atom. The maximum absolute atomic E-state index is 15.0. The first-order chi connectivity index (χ1) is 16.6. The van der Waals surface area contributed by atoms with Crippen molar-refractivity contribution in [1.82, 2.24) is 25.1 Å². The molecular weight excluding hydrogens is 468 g/mol. The van der Waals surface area contributed by atoms with Crippen LogP contribution in [0.1, 0.15) is 17.7 Å². The lowest BCUT2D eigenvalue weighted by atomic mass is 10.1. The van der Waals surface area contributed by atoms with Crippen LogP contribution in [0.25, 0.3) is 11.0 Å². The smallest absolute Gasteiger partial charge is 0.270 e. The summed E-state index contributed by atoms with van der Waals surface area (Å²) in [7, 11) is 0. The molecule has 1 unspecified atom stereocenters. The molecule has 1 aliphatic heterocycles. The van der Waals surface area contributed by atoms with Crippen LogP contribution in [0, 0.1) is 12.7 Å². The van der Waals surface area contributed by atoms with Crippen LogP contribution in [0.2, 0.25) is 0 Å². The van der Waals surface area contributed by atoms with Gasteiger partial charge in [0.05, 0.1) is 23.5 Å². The molecule has 1 saturated carbocycles. The summed E-state index contributed by atoms with van der Waals surface area (Å²) < 4.78 is 55.3. The average molecular weight is 492 g/mol. The Hall–Kier alpha value is -3.54. The van der Waals surface area contributed by atoms with Crippen LogP contribution in [0.15, 0.2) is 46.2 Å². The van der Waals surface area contributed by atoms with Gasteiger partial charge in [0, 0.05) is 44.7 Å². The highest BCUT2D eigenvalue weighted by Crippen LogP contribution is 2.41. The predicted molar refractivity (Wildman–Crippen MR) is 122 cm³/mol. The van der Waals surface area contributed by atoms with E-state index in [1.165, 1.54) is 6.08 Å². The average Bonchev–Trinajstić information content (AvgIpc) is 3.42. The van der Waals surface area contributed by atoms with Crippen LogP contribution in [0.5, 0.6) is 0 Å². The number of aliphatic imine (C=N–C) groups is 1. The number of aromatic amines is 1. The van der Waals surface area contributed by atoms with Gasteiger partial charge in [-0.3, -0.25) is 14.5 Å². The van der Waals surface area contributed by atoms with Crippen LogP contribution in [0.4, 0.5) is 17.6 Å². The molecule has 2 aromatic rings. The summed E-state index contributed by atoms with van der Waals surface area (Å²) in [6.07, 6.45) is 1.46. The zero-order valence-electron chi connectivity index (χ0n) is 19.0. The van der Waals surface area contributed by atoms with Gasteiger partial charge in [0.25, 0.3) is 17.4 Å². The van der Waals surface area contributed by atoms with E-state index in [1.807, 2.05) is 4.90 Å². The summed E-state index contributed by atoms with van der Waals surface area (Å²) in [6, 6.07) is 2.04. The molecule has 1 aromatic heterocycles. The Balaban J connectivity index is 1.37. The van der Waals surface area contributed by atoms with Gasteiger partial charge in [-0.05, 0) is 19.1 Å². The van der Waals surface area contributed by atoms with E-state index in [0.717, 1.165) is 0 Å². The fraction of sp³-hybridized carbons (Fsp3) is 0.391. The zero-order valence-corrected chi connectivity index (χ0v) is 19.0. The third kappa shape index (κ3) is 5.42. The lowest BCUT2D eigenvalue weighted by molar-refractivity contribution is -0.115. The Morgan fingerprint density at radius 3 is 2.66 bits per heavy atom. The normalized spacial score (nSPS) is 20.7. The number of allylic oxidation sites excluding steroid dienone is 1. The highest BCUT2D eigenvalue weighted by molar-refractivity contribution is 6.26. The summed E-state index contributed by atoms with van der Waals surface area (Å²) in [6.45, 7) is 7.15. The van der Waals surface area contributed by atoms with Crippen molar-refractivity contribution >= 4 is 23.2 Å². The second-order valence-corrected chi connectivity index (χ2v) is 8.51. The van der Waals surface area contributed by atoms with Crippen molar-refractivity contribution in [1.29, 1.82) is 0 Å². The van der Waals surface area contributed by atoms with E-state index in [-0.39, 0.29) is 23.5 Å². The molecule has 2 N–H and O–H groups in total. The molecule has 0 radical (unpaired) electrons. The second-order valence-electron chi connectivity index (χ2n) is 8.51. The summed E-state index contributed by atoms with van der Waals surface area (Å²) in [5.41, 5.74) is 0.704. The summed E-state index contributed by atoms with van der Waals surface area (Å²) in [5, 5.41) is 2.06. The zero-order chi connectivity index (χ0) is 25.3. The Morgan fingerprint density at radius 1 is 1.34 bits per heavy atom. The standard InChI is InChI=1S/C23H24F4N6O2/c1-3-16(21(25)28-11-18(34)30-17-10-23(17,26)27)33-8-6-32(7-9-33)12-14-4-5-15-20(19(14)24)31-22(35)13(2)29-15/h3-5,11,17H,1,6-10,12H2,2H3,(H,30,34)(H,31,35)/b21-16+,28-11+. The number of halogens is 4. The van der Waals surface area contributed by atoms with Gasteiger partial charge < -0.3 is 15.2 Å². The molecule has 186 valence electrons. The minimum absolute atomic E-state index is 0.0583. The molecule has 12 heteroatoms. The van der Waals surface area contributed by atoms with Gasteiger partial charge in [0.1, 0.15) is 11.2 Å². The molecule has 35 heavy (non-hydrogen) atoms. The summed E-state index contributed by atoms with van der Waals surface area (Å²) in [4.78, 5) is 37.2. The lowest BCUT2D eigenvalue weighted by Gasteiger charge is -2.36. The number of alkyl halides is 2. The van der Waals surface area contributed by atoms with E-state index >= 15 is 0 Å². The molecule has 1 amide bonds. The number of benzene rings is 1. The van der Waals surface area contributed by atoms with Crippen molar-refractivity contribution in [2.24, 2.45) is 4.99 Å². The molecule has 8 nitrogen and oxygen atoms in total. The van der Waals surface area contributed by atoms with E-state index in [4.69, 9.17) is 0 Å². The molecular formula is C23H24F4N6O2. The minimum atomic E-state index is -2.92. The quantitative estimate of drug-likeness (QED) is 0.268. The fourth-order valence-corrected chi connectivity index (χ4v) is 3.87. The Bertz CT molecular complexity index is 1280. The van der Waals surface area contributed by atoms with Gasteiger partial charge >= 0.3 is 0 Å². The van der Waals surface area contributed by atoms with E-state index in [2.05, 4.69) is 26.9 Å². The largest absolute Gasteiger partial charge is 0.365 e. The molecule has 2 fully saturated rings. The van der Waals surface area contributed by atoms with Crippen LogP contribution in [-0.2, 0) is 11.3 Å². The maximum atomic E-state index is 15.0. The number of piperazine rings is 1. The number of hydrogen-bond donors (Lipinski definition) is 2. The number of fused-ring (bicyclic) bond motifs is 1. The molecule has 1 atom stereocenters. The lowest BCUT2D eigenvalue weighted by Crippen LogP contribution is -2.45. The van der Waals surface area contributed by atoms with E-state index in [9.17, 15) is 27.2 Å². The number of amides is 1. The van der Waals surface area contributed by atoms with Gasteiger partial charge in [-0.1, -0.05) is 12.6 Å². The molecule has 1 saturated heterocycles. The molecule has 0 spiro atoms. The van der Waals surface area contributed by atoms with Crippen LogP contribution >= 0.6 is 0 Å². The molecule has 1 aromatic carbocycles. The van der Waals surface area contributed by atoms with Gasteiger partial charge in [-0.2, -0.15) is 4.39 Å². The number of carbonyl (C=O) groups excluding carboxylic acids is 1. The number of rotatable bonds is 7. The minimum Gasteiger partial charge on any atom is -0.365 e. The summed E-state index contributed by atoms with van der Waals surface area (Å²) >= 11 is 0. The molecule has 1 aliphatic carbocycles. The van der Waals surface area contributed by atoms with Gasteiger partial charge in [-0.25, -0.2) is 23.1 Å². The monoisotopic (exact) mass is 492 g/mol. The van der Waals surface area contributed by atoms with Crippen molar-refractivity contribution in [3.05, 3.63) is 63.9 Å². The van der Waals surface area contributed by atoms with Crippen LogP contribution < -0.4 is 10.9 Å². The first-order valence-corrected chi connectivity index (χ1v) is 11.0. The summed E-state index contributed by atoms with van der Waals surface area (Å²) in [5.74, 6) is -5.32. The van der Waals surface area contributed by atoms with Crippen molar-refractivity contribution in [2.45, 2.75) is 31.9 Å². The Labute approximate surface area is 198 Å². The number of aromatic nitrogens is 2. The molecule has 4 rings (SSSR count). The third-order valence-electron chi connectivity index (χ3n) is 6.00. The van der Waals surface area contributed by atoms with Crippen molar-refractivity contribution in [3.63, 3.8) is 0 Å². The molecule has 0 bridgehead atoms. The van der Waals surface area contributed by atoms with Crippen molar-refractivity contribution in [2.75, 3.05) is 26.2 Å². The second kappa shape index (κ2) is 9.61. The molecule has 2 heterocycles. The van der Waals surface area contributed by atoms with Crippen molar-refractivity contribution in [3.8, 4) is 0 Å². The third-order valence-corrected chi connectivity index (χ3v) is 6.00. The maximum Gasteiger partial charge on any atom is 0.270 e. The van der Waals surface area contributed by atoms with E-state index in [0.29, 0.717) is 43.5 Å². The van der Waals surface area contributed by atoms with Crippen LogP contribution in [-0.4, -0.2) is 70.0 Å². The van der Waals surface area contributed by atoms with E-state index < -0.39 is 41.6 Å². The topological polar surface area (TPSA) is 93.7 Å². The number of nitrogens with zero attached hydrogens (tertiary/aromatic N) is 4. The number of H-pyrrole nitrogens is 1. The highest BCUT2D eigenvalue weighted by atomic mass is 19.3. The van der Waals surface area contributed by atoms with Crippen molar-refractivity contribution < 1.29 is 22.4 Å². The van der Waals surface area contributed by atoms with Gasteiger partial charge in [0.2, 0.25) is 5.95 Å². The SMILES string of the molecule is C=C/C(=C(F)\N=C\C(=O)NC1CC1(F)F)N1CCN(Cc2ccc3nc(C)c(=O)[nH]c3c2F)CC1. The number of carbonyl (C=O) groups is 1.